The Labute approximate surface area is 132 Å². The van der Waals surface area contributed by atoms with E-state index in [4.69, 9.17) is 4.74 Å². The number of alkyl halides is 2. The van der Waals surface area contributed by atoms with Crippen molar-refractivity contribution in [2.45, 2.75) is 35.7 Å². The number of urea groups is 1. The maximum atomic E-state index is 12.5. The molecule has 2 fully saturated rings. The molecule has 0 aromatic heterocycles. The summed E-state index contributed by atoms with van der Waals surface area (Å²) in [4.78, 5) is 13.4. The number of anilines is 1. The van der Waals surface area contributed by atoms with E-state index in [1.807, 2.05) is 0 Å². The summed E-state index contributed by atoms with van der Waals surface area (Å²) >= 11 is 0. The number of rotatable bonds is 3. The van der Waals surface area contributed by atoms with Gasteiger partial charge < -0.3 is 15.0 Å². The van der Waals surface area contributed by atoms with Gasteiger partial charge in [-0.05, 0) is 37.1 Å². The third kappa shape index (κ3) is 3.30. The number of benzene rings is 1. The first-order valence-electron chi connectivity index (χ1n) is 7.20. The quantitative estimate of drug-likeness (QED) is 0.909. The van der Waals surface area contributed by atoms with Crippen LogP contribution >= 0.6 is 0 Å². The third-order valence-electron chi connectivity index (χ3n) is 4.00. The number of amides is 2. The summed E-state index contributed by atoms with van der Waals surface area (Å²) in [5.41, 5.74) is 0.349. The highest BCUT2D eigenvalue weighted by molar-refractivity contribution is 7.91. The van der Waals surface area contributed by atoms with Crippen molar-refractivity contribution in [3.05, 3.63) is 24.3 Å². The van der Waals surface area contributed by atoms with Crippen molar-refractivity contribution in [3.63, 3.8) is 0 Å². The Morgan fingerprint density at radius 2 is 1.74 bits per heavy atom. The Bertz CT molecular complexity index is 681. The second-order valence-corrected chi connectivity index (χ2v) is 7.54. The Morgan fingerprint density at radius 1 is 1.17 bits per heavy atom. The van der Waals surface area contributed by atoms with Gasteiger partial charge in [0.1, 0.15) is 0 Å². The second-order valence-electron chi connectivity index (χ2n) is 5.62. The van der Waals surface area contributed by atoms with Crippen LogP contribution in [-0.2, 0) is 14.6 Å². The van der Waals surface area contributed by atoms with Gasteiger partial charge in [-0.2, -0.15) is 8.78 Å². The number of ether oxygens (including phenoxy) is 1. The number of hydrogen-bond donors (Lipinski definition) is 1. The first kappa shape index (κ1) is 16.1. The fourth-order valence-electron chi connectivity index (χ4n) is 2.81. The van der Waals surface area contributed by atoms with Gasteiger partial charge >= 0.3 is 11.8 Å². The van der Waals surface area contributed by atoms with Crippen molar-refractivity contribution in [1.29, 1.82) is 0 Å². The number of carbonyl (C=O) groups excluding carboxylic acids is 1. The summed E-state index contributed by atoms with van der Waals surface area (Å²) in [6.07, 6.45) is 2.01. The van der Waals surface area contributed by atoms with Gasteiger partial charge in [-0.25, -0.2) is 13.2 Å². The third-order valence-corrected chi connectivity index (χ3v) is 5.40. The lowest BCUT2D eigenvalue weighted by Crippen LogP contribution is -2.47. The molecule has 6 nitrogen and oxygen atoms in total. The van der Waals surface area contributed by atoms with Crippen LogP contribution in [0.25, 0.3) is 0 Å². The van der Waals surface area contributed by atoms with E-state index in [1.54, 1.807) is 4.90 Å². The van der Waals surface area contributed by atoms with Crippen molar-refractivity contribution >= 4 is 21.6 Å². The molecule has 2 bridgehead atoms. The summed E-state index contributed by atoms with van der Waals surface area (Å²) in [6.45, 7) is 1.03. The predicted molar refractivity (Wildman–Crippen MR) is 78.1 cm³/mol. The predicted octanol–water partition coefficient (Wildman–Crippen LogP) is 2.08. The molecule has 0 unspecified atom stereocenters. The van der Waals surface area contributed by atoms with Gasteiger partial charge in [0.15, 0.2) is 0 Å². The zero-order chi connectivity index (χ0) is 16.6. The summed E-state index contributed by atoms with van der Waals surface area (Å²) in [5.74, 6) is -3.47. The standard InChI is InChI=1S/C14H16F2N2O4S/c15-13(16)23(20,21)12-5-1-9(2-6-12)17-14(19)18-7-10-3-4-11(8-18)22-10/h1-2,5-6,10-11,13H,3-4,7-8H2,(H,17,19)/t10-,11+. The van der Waals surface area contributed by atoms with Crippen LogP contribution in [0.5, 0.6) is 0 Å². The lowest BCUT2D eigenvalue weighted by molar-refractivity contribution is -0.0219. The van der Waals surface area contributed by atoms with Gasteiger partial charge in [-0.3, -0.25) is 0 Å². The van der Waals surface area contributed by atoms with E-state index < -0.39 is 20.5 Å². The molecule has 0 spiro atoms. The summed E-state index contributed by atoms with van der Waals surface area (Å²) in [6, 6.07) is 4.39. The smallest absolute Gasteiger partial charge is 0.341 e. The molecule has 2 aliphatic rings. The van der Waals surface area contributed by atoms with E-state index >= 15 is 0 Å². The number of fused-ring (bicyclic) bond motifs is 2. The summed E-state index contributed by atoms with van der Waals surface area (Å²) < 4.78 is 53.2. The number of morpholine rings is 1. The van der Waals surface area contributed by atoms with Crippen LogP contribution in [0.3, 0.4) is 0 Å². The fourth-order valence-corrected chi connectivity index (χ4v) is 3.54. The highest BCUT2D eigenvalue weighted by Gasteiger charge is 2.35. The molecular weight excluding hydrogens is 330 g/mol. The fraction of sp³-hybridized carbons (Fsp3) is 0.500. The van der Waals surface area contributed by atoms with Crippen LogP contribution in [0.4, 0.5) is 19.3 Å². The lowest BCUT2D eigenvalue weighted by Gasteiger charge is -2.32. The molecule has 0 saturated carbocycles. The number of hydrogen-bond acceptors (Lipinski definition) is 4. The number of carbonyl (C=O) groups is 1. The number of likely N-dealkylation sites (tertiary alicyclic amines) is 1. The minimum absolute atomic E-state index is 0.0676. The van der Waals surface area contributed by atoms with Crippen LogP contribution in [0.2, 0.25) is 0 Å². The van der Waals surface area contributed by atoms with E-state index in [0.717, 1.165) is 25.0 Å². The SMILES string of the molecule is O=C(Nc1ccc(S(=O)(=O)C(F)F)cc1)N1C[C@H]2CC[C@@H](C1)O2. The van der Waals surface area contributed by atoms with E-state index in [9.17, 15) is 22.0 Å². The zero-order valence-corrected chi connectivity index (χ0v) is 12.9. The molecule has 1 aromatic carbocycles. The van der Waals surface area contributed by atoms with Gasteiger partial charge in [0.05, 0.1) is 17.1 Å². The molecule has 2 saturated heterocycles. The van der Waals surface area contributed by atoms with E-state index in [2.05, 4.69) is 5.32 Å². The number of nitrogens with zero attached hydrogens (tertiary/aromatic N) is 1. The molecule has 1 N–H and O–H groups in total. The van der Waals surface area contributed by atoms with Crippen molar-refractivity contribution in [2.75, 3.05) is 18.4 Å². The van der Waals surface area contributed by atoms with Crippen LogP contribution < -0.4 is 5.32 Å². The molecule has 9 heteroatoms. The summed E-state index contributed by atoms with van der Waals surface area (Å²) in [7, 11) is -4.62. The minimum Gasteiger partial charge on any atom is -0.371 e. The average molecular weight is 346 g/mol. The molecular formula is C14H16F2N2O4S. The monoisotopic (exact) mass is 346 g/mol. The normalized spacial score (nSPS) is 24.0. The van der Waals surface area contributed by atoms with Crippen LogP contribution in [0, 0.1) is 0 Å². The number of halogens is 2. The van der Waals surface area contributed by atoms with Crippen molar-refractivity contribution < 1.29 is 26.7 Å². The van der Waals surface area contributed by atoms with Gasteiger partial charge in [0, 0.05) is 18.8 Å². The van der Waals surface area contributed by atoms with Gasteiger partial charge in [0.25, 0.3) is 0 Å². The molecule has 126 valence electrons. The maximum absolute atomic E-state index is 12.5. The first-order chi connectivity index (χ1) is 10.9. The average Bonchev–Trinajstić information content (AvgIpc) is 2.85. The highest BCUT2D eigenvalue weighted by Crippen LogP contribution is 2.27. The zero-order valence-electron chi connectivity index (χ0n) is 12.1. The van der Waals surface area contributed by atoms with Gasteiger partial charge in [-0.15, -0.1) is 0 Å². The van der Waals surface area contributed by atoms with Crippen LogP contribution in [0.15, 0.2) is 29.2 Å². The van der Waals surface area contributed by atoms with E-state index in [0.29, 0.717) is 18.8 Å². The number of sulfone groups is 1. The van der Waals surface area contributed by atoms with Gasteiger partial charge in [-0.1, -0.05) is 0 Å². The Hall–Kier alpha value is -1.74. The molecule has 2 heterocycles. The molecule has 2 amide bonds. The van der Waals surface area contributed by atoms with E-state index in [-0.39, 0.29) is 18.2 Å². The first-order valence-corrected chi connectivity index (χ1v) is 8.74. The van der Waals surface area contributed by atoms with Crippen LogP contribution in [-0.4, -0.2) is 50.4 Å². The maximum Gasteiger partial charge on any atom is 0.341 e. The van der Waals surface area contributed by atoms with Gasteiger partial charge in [0.2, 0.25) is 9.84 Å². The van der Waals surface area contributed by atoms with Crippen molar-refractivity contribution in [3.8, 4) is 0 Å². The number of nitrogens with one attached hydrogen (secondary N) is 1. The molecule has 23 heavy (non-hydrogen) atoms. The molecule has 0 aliphatic carbocycles. The Balaban J connectivity index is 1.65. The topological polar surface area (TPSA) is 75.7 Å². The molecule has 2 atom stereocenters. The molecule has 1 aromatic rings. The lowest BCUT2D eigenvalue weighted by atomic mass is 10.2. The molecule has 0 radical (unpaired) electrons. The largest absolute Gasteiger partial charge is 0.371 e. The highest BCUT2D eigenvalue weighted by atomic mass is 32.2. The summed E-state index contributed by atoms with van der Waals surface area (Å²) in [5, 5.41) is 2.64. The minimum atomic E-state index is -4.62. The Morgan fingerprint density at radius 3 is 2.26 bits per heavy atom. The van der Waals surface area contributed by atoms with Crippen molar-refractivity contribution in [1.82, 2.24) is 4.90 Å². The second kappa shape index (κ2) is 6.04. The molecule has 3 rings (SSSR count). The Kier molecular flexibility index (Phi) is 4.24. The van der Waals surface area contributed by atoms with Crippen molar-refractivity contribution in [2.24, 2.45) is 0 Å². The van der Waals surface area contributed by atoms with E-state index in [1.165, 1.54) is 12.1 Å². The van der Waals surface area contributed by atoms with Crippen LogP contribution in [0.1, 0.15) is 12.8 Å². The molecule has 2 aliphatic heterocycles.